The Morgan fingerprint density at radius 3 is 2.68 bits per heavy atom. The summed E-state index contributed by atoms with van der Waals surface area (Å²) in [6, 6.07) is 22.6. The van der Waals surface area contributed by atoms with E-state index in [0.29, 0.717) is 17.9 Å². The number of nitrogens with one attached hydrogen (secondary N) is 1. The van der Waals surface area contributed by atoms with Crippen LogP contribution in [0.25, 0.3) is 32.9 Å². The smallest absolute Gasteiger partial charge is 0.246 e. The molecular weight excluding hydrogens is 467 g/mol. The van der Waals surface area contributed by atoms with Gasteiger partial charge in [-0.3, -0.25) is 9.48 Å². The molecule has 0 unspecified atom stereocenters. The molecule has 6 aromatic rings. The molecule has 3 heterocycles. The van der Waals surface area contributed by atoms with Crippen LogP contribution in [0.15, 0.2) is 91.4 Å². The number of hydrogen-bond acceptors (Lipinski definition) is 4. The summed E-state index contributed by atoms with van der Waals surface area (Å²) >= 11 is 0. The molecule has 0 bridgehead atoms. The topological polar surface area (TPSA) is 77.6 Å². The van der Waals surface area contributed by atoms with Crippen molar-refractivity contribution < 1.29 is 9.18 Å². The molecule has 8 heteroatoms. The molecule has 0 atom stereocenters. The normalized spacial score (nSPS) is 11.3. The number of carbonyl (C=O) groups excluding carboxylic acids is 1. The summed E-state index contributed by atoms with van der Waals surface area (Å²) in [5, 5.41) is 15.1. The largest absolute Gasteiger partial charge is 0.322 e. The number of fused-ring (bicyclic) bond motifs is 2. The van der Waals surface area contributed by atoms with Gasteiger partial charge in [0.15, 0.2) is 5.65 Å². The van der Waals surface area contributed by atoms with Gasteiger partial charge in [-0.15, -0.1) is 0 Å². The average molecular weight is 491 g/mol. The number of pyridine rings is 1. The Kier molecular flexibility index (Phi) is 5.69. The van der Waals surface area contributed by atoms with Crippen LogP contribution in [0.4, 0.5) is 10.1 Å². The monoisotopic (exact) mass is 490 g/mol. The summed E-state index contributed by atoms with van der Waals surface area (Å²) in [5.74, 6) is -0.526. The van der Waals surface area contributed by atoms with Crippen molar-refractivity contribution in [3.05, 3.63) is 108 Å². The quantitative estimate of drug-likeness (QED) is 0.331. The van der Waals surface area contributed by atoms with Crippen molar-refractivity contribution in [2.45, 2.75) is 20.0 Å². The van der Waals surface area contributed by atoms with Gasteiger partial charge in [-0.05, 0) is 52.6 Å². The maximum absolute atomic E-state index is 13.4. The van der Waals surface area contributed by atoms with Gasteiger partial charge in [0.2, 0.25) is 5.91 Å². The predicted octanol–water partition coefficient (Wildman–Crippen LogP) is 5.58. The first-order chi connectivity index (χ1) is 18.0. The molecule has 182 valence electrons. The molecule has 0 aliphatic heterocycles. The van der Waals surface area contributed by atoms with Crippen LogP contribution in [0.2, 0.25) is 0 Å². The Hall–Kier alpha value is -4.85. The fourth-order valence-electron chi connectivity index (χ4n) is 4.72. The third-order valence-corrected chi connectivity index (χ3v) is 6.39. The van der Waals surface area contributed by atoms with E-state index in [4.69, 9.17) is 0 Å². The fraction of sp³-hybridized carbons (Fsp3) is 0.103. The Labute approximate surface area is 212 Å². The minimum atomic E-state index is -0.293. The molecule has 37 heavy (non-hydrogen) atoms. The van der Waals surface area contributed by atoms with E-state index < -0.39 is 0 Å². The van der Waals surface area contributed by atoms with Crippen LogP contribution >= 0.6 is 0 Å². The summed E-state index contributed by atoms with van der Waals surface area (Å²) in [6.45, 7) is 2.47. The van der Waals surface area contributed by atoms with Crippen LogP contribution in [0, 0.1) is 12.7 Å². The lowest BCUT2D eigenvalue weighted by atomic mass is 10.0. The highest BCUT2D eigenvalue weighted by Gasteiger charge is 2.16. The van der Waals surface area contributed by atoms with E-state index >= 15 is 0 Å². The first kappa shape index (κ1) is 22.6. The van der Waals surface area contributed by atoms with Gasteiger partial charge in [0.1, 0.15) is 12.4 Å². The lowest BCUT2D eigenvalue weighted by Crippen LogP contribution is -2.19. The Morgan fingerprint density at radius 1 is 1.00 bits per heavy atom. The zero-order chi connectivity index (χ0) is 25.4. The molecule has 0 fully saturated rings. The van der Waals surface area contributed by atoms with Gasteiger partial charge in [-0.1, -0.05) is 54.6 Å². The van der Waals surface area contributed by atoms with Gasteiger partial charge in [0, 0.05) is 17.8 Å². The molecule has 0 radical (unpaired) electrons. The van der Waals surface area contributed by atoms with Crippen LogP contribution in [0.5, 0.6) is 0 Å². The van der Waals surface area contributed by atoms with Crippen LogP contribution in [0.1, 0.15) is 11.3 Å². The SMILES string of the molecule is Cc1nn(CC(=O)Nc2cnn(Cc3cccc4ccccc34)c2)c2nccc(-c3ccc(F)cc3)c12. The Morgan fingerprint density at radius 2 is 1.81 bits per heavy atom. The standard InChI is InChI=1S/C29H23FN6O/c1-19-28-26(21-9-11-23(30)12-10-21)13-14-31-29(28)36(34-19)18-27(37)33-24-15-32-35(17-24)16-22-7-4-6-20-5-2-3-8-25(20)22/h2-15,17H,16,18H2,1H3,(H,33,37). The Balaban J connectivity index is 1.20. The van der Waals surface area contributed by atoms with Crippen molar-refractivity contribution in [3.8, 4) is 11.1 Å². The molecule has 3 aromatic carbocycles. The van der Waals surface area contributed by atoms with E-state index in [1.807, 2.05) is 37.4 Å². The molecule has 1 amide bonds. The van der Waals surface area contributed by atoms with Gasteiger partial charge in [0.05, 0.1) is 24.1 Å². The summed E-state index contributed by atoms with van der Waals surface area (Å²) in [5.41, 5.74) is 4.86. The fourth-order valence-corrected chi connectivity index (χ4v) is 4.72. The number of carbonyl (C=O) groups is 1. The first-order valence-corrected chi connectivity index (χ1v) is 11.9. The number of halogens is 1. The second kappa shape index (κ2) is 9.31. The van der Waals surface area contributed by atoms with Crippen molar-refractivity contribution in [2.75, 3.05) is 5.32 Å². The molecule has 0 spiro atoms. The molecule has 1 N–H and O–H groups in total. The molecule has 0 aliphatic rings. The van der Waals surface area contributed by atoms with Gasteiger partial charge in [0.25, 0.3) is 0 Å². The zero-order valence-corrected chi connectivity index (χ0v) is 20.1. The van der Waals surface area contributed by atoms with Gasteiger partial charge in [-0.2, -0.15) is 10.2 Å². The van der Waals surface area contributed by atoms with Crippen molar-refractivity contribution in [1.82, 2.24) is 24.5 Å². The number of anilines is 1. The predicted molar refractivity (Wildman–Crippen MR) is 142 cm³/mol. The van der Waals surface area contributed by atoms with E-state index in [2.05, 4.69) is 44.8 Å². The highest BCUT2D eigenvalue weighted by molar-refractivity contribution is 5.96. The maximum atomic E-state index is 13.4. The molecule has 0 aliphatic carbocycles. The van der Waals surface area contributed by atoms with E-state index in [9.17, 15) is 9.18 Å². The summed E-state index contributed by atoms with van der Waals surface area (Å²) in [7, 11) is 0. The lowest BCUT2D eigenvalue weighted by Gasteiger charge is -2.07. The van der Waals surface area contributed by atoms with Crippen LogP contribution < -0.4 is 5.32 Å². The average Bonchev–Trinajstić information content (AvgIpc) is 3.48. The number of hydrogen-bond donors (Lipinski definition) is 1. The van der Waals surface area contributed by atoms with E-state index in [1.165, 1.54) is 22.9 Å². The number of nitrogens with zero attached hydrogens (tertiary/aromatic N) is 5. The lowest BCUT2D eigenvalue weighted by molar-refractivity contribution is -0.116. The third kappa shape index (κ3) is 4.45. The van der Waals surface area contributed by atoms with Crippen LogP contribution in [-0.4, -0.2) is 30.5 Å². The summed E-state index contributed by atoms with van der Waals surface area (Å²) in [6.07, 6.45) is 5.13. The second-order valence-corrected chi connectivity index (χ2v) is 8.92. The highest BCUT2D eigenvalue weighted by Crippen LogP contribution is 2.30. The van der Waals surface area contributed by atoms with E-state index in [-0.39, 0.29) is 18.3 Å². The van der Waals surface area contributed by atoms with Crippen LogP contribution in [0.3, 0.4) is 0 Å². The van der Waals surface area contributed by atoms with Gasteiger partial charge in [-0.25, -0.2) is 14.1 Å². The van der Waals surface area contributed by atoms with Crippen molar-refractivity contribution in [1.29, 1.82) is 0 Å². The Bertz CT molecular complexity index is 1750. The third-order valence-electron chi connectivity index (χ3n) is 6.39. The van der Waals surface area contributed by atoms with Crippen molar-refractivity contribution in [2.24, 2.45) is 0 Å². The van der Waals surface area contributed by atoms with E-state index in [0.717, 1.165) is 27.8 Å². The van der Waals surface area contributed by atoms with Crippen LogP contribution in [-0.2, 0) is 17.9 Å². The highest BCUT2D eigenvalue weighted by atomic mass is 19.1. The number of rotatable bonds is 6. The molecule has 0 saturated carbocycles. The van der Waals surface area contributed by atoms with E-state index in [1.54, 1.807) is 33.9 Å². The maximum Gasteiger partial charge on any atom is 0.246 e. The minimum Gasteiger partial charge on any atom is -0.322 e. The van der Waals surface area contributed by atoms with Gasteiger partial charge < -0.3 is 5.32 Å². The molecule has 0 saturated heterocycles. The summed E-state index contributed by atoms with van der Waals surface area (Å²) in [4.78, 5) is 17.4. The number of aryl methyl sites for hydroxylation is 1. The molecule has 6 rings (SSSR count). The number of benzene rings is 3. The van der Waals surface area contributed by atoms with Crippen molar-refractivity contribution >= 4 is 33.4 Å². The molecular formula is C29H23FN6O. The molecule has 3 aromatic heterocycles. The minimum absolute atomic E-state index is 0.00128. The first-order valence-electron chi connectivity index (χ1n) is 11.9. The second-order valence-electron chi connectivity index (χ2n) is 8.92. The van der Waals surface area contributed by atoms with Gasteiger partial charge >= 0.3 is 0 Å². The number of amides is 1. The summed E-state index contributed by atoms with van der Waals surface area (Å²) < 4.78 is 16.8. The van der Waals surface area contributed by atoms with Crippen molar-refractivity contribution in [3.63, 3.8) is 0 Å². The zero-order valence-electron chi connectivity index (χ0n) is 20.1. The number of aromatic nitrogens is 5. The molecule has 7 nitrogen and oxygen atoms in total.